The molecule has 1 aromatic rings. The van der Waals surface area contributed by atoms with E-state index in [4.69, 9.17) is 0 Å². The maximum Gasteiger partial charge on any atom is 0.0917 e. The van der Waals surface area contributed by atoms with Crippen LogP contribution in [0.25, 0.3) is 0 Å². The fourth-order valence-corrected chi connectivity index (χ4v) is 2.41. The zero-order chi connectivity index (χ0) is 13.0. The van der Waals surface area contributed by atoms with Crippen LogP contribution in [-0.4, -0.2) is 42.7 Å². The van der Waals surface area contributed by atoms with E-state index in [1.54, 1.807) is 0 Å². The molecule has 1 aliphatic heterocycles. The number of nitrogens with zero attached hydrogens (tertiary/aromatic N) is 1. The van der Waals surface area contributed by atoms with Crippen molar-refractivity contribution in [1.29, 1.82) is 0 Å². The first-order chi connectivity index (χ1) is 8.66. The Kier molecular flexibility index (Phi) is 4.75. The van der Waals surface area contributed by atoms with Crippen LogP contribution in [-0.2, 0) is 0 Å². The second-order valence-corrected chi connectivity index (χ2v) is 5.26. The van der Waals surface area contributed by atoms with Crippen LogP contribution in [0.4, 0.5) is 0 Å². The largest absolute Gasteiger partial charge is 0.387 e. The van der Waals surface area contributed by atoms with Crippen molar-refractivity contribution in [2.75, 3.05) is 32.7 Å². The number of aliphatic hydroxyl groups is 1. The van der Waals surface area contributed by atoms with Crippen molar-refractivity contribution in [3.05, 3.63) is 34.9 Å². The molecule has 0 bridgehead atoms. The lowest BCUT2D eigenvalue weighted by molar-refractivity contribution is 0.117. The molecule has 0 amide bonds. The molecule has 0 radical (unpaired) electrons. The molecule has 1 aromatic carbocycles. The van der Waals surface area contributed by atoms with E-state index in [9.17, 15) is 5.11 Å². The molecule has 3 nitrogen and oxygen atoms in total. The molecule has 2 rings (SSSR count). The number of hydrogen-bond acceptors (Lipinski definition) is 3. The molecule has 18 heavy (non-hydrogen) atoms. The second-order valence-electron chi connectivity index (χ2n) is 5.26. The zero-order valence-corrected chi connectivity index (χ0v) is 11.4. The highest BCUT2D eigenvalue weighted by Gasteiger charge is 2.15. The van der Waals surface area contributed by atoms with Gasteiger partial charge in [-0.3, -0.25) is 4.90 Å². The van der Waals surface area contributed by atoms with Gasteiger partial charge in [0.1, 0.15) is 0 Å². The molecule has 100 valence electrons. The van der Waals surface area contributed by atoms with E-state index in [-0.39, 0.29) is 6.10 Å². The van der Waals surface area contributed by atoms with Gasteiger partial charge < -0.3 is 10.4 Å². The van der Waals surface area contributed by atoms with Gasteiger partial charge in [-0.05, 0) is 50.0 Å². The van der Waals surface area contributed by atoms with E-state index in [0.717, 1.165) is 38.3 Å². The predicted octanol–water partition coefficient (Wildman–Crippen LogP) is 1.63. The summed E-state index contributed by atoms with van der Waals surface area (Å²) in [6.07, 6.45) is 0.794. The lowest BCUT2D eigenvalue weighted by Crippen LogP contribution is -2.32. The molecule has 0 saturated carbocycles. The molecule has 0 spiro atoms. The number of hydrogen-bond donors (Lipinski definition) is 2. The lowest BCUT2D eigenvalue weighted by atomic mass is 10.0. The first-order valence-corrected chi connectivity index (χ1v) is 6.85. The average molecular weight is 248 g/mol. The third kappa shape index (κ3) is 3.55. The number of aryl methyl sites for hydroxylation is 2. The van der Waals surface area contributed by atoms with Gasteiger partial charge >= 0.3 is 0 Å². The molecular formula is C15H24N2O. The van der Waals surface area contributed by atoms with Gasteiger partial charge in [-0.25, -0.2) is 0 Å². The standard InChI is InChI=1S/C15H24N2O/c1-12-4-5-14(10-13(12)2)15(18)11-17-8-3-6-16-7-9-17/h4-5,10,15-16,18H,3,6-9,11H2,1-2H3. The van der Waals surface area contributed by atoms with E-state index in [1.165, 1.54) is 17.5 Å². The minimum atomic E-state index is -0.373. The summed E-state index contributed by atoms with van der Waals surface area (Å²) in [5, 5.41) is 13.7. The summed E-state index contributed by atoms with van der Waals surface area (Å²) < 4.78 is 0. The Morgan fingerprint density at radius 2 is 2.06 bits per heavy atom. The quantitative estimate of drug-likeness (QED) is 0.853. The monoisotopic (exact) mass is 248 g/mol. The van der Waals surface area contributed by atoms with Gasteiger partial charge in [0.25, 0.3) is 0 Å². The summed E-state index contributed by atoms with van der Waals surface area (Å²) in [5.74, 6) is 0. The molecule has 3 heteroatoms. The maximum atomic E-state index is 10.3. The Bertz CT molecular complexity index is 384. The minimum absolute atomic E-state index is 0.373. The highest BCUT2D eigenvalue weighted by Crippen LogP contribution is 2.18. The second kappa shape index (κ2) is 6.32. The van der Waals surface area contributed by atoms with Crippen molar-refractivity contribution < 1.29 is 5.11 Å². The van der Waals surface area contributed by atoms with E-state index >= 15 is 0 Å². The summed E-state index contributed by atoms with van der Waals surface area (Å²) in [6, 6.07) is 6.25. The van der Waals surface area contributed by atoms with E-state index in [2.05, 4.69) is 36.2 Å². The first kappa shape index (κ1) is 13.5. The molecular weight excluding hydrogens is 224 g/mol. The summed E-state index contributed by atoms with van der Waals surface area (Å²) in [4.78, 5) is 2.35. The van der Waals surface area contributed by atoms with Gasteiger partial charge in [-0.15, -0.1) is 0 Å². The van der Waals surface area contributed by atoms with Crippen molar-refractivity contribution in [3.63, 3.8) is 0 Å². The van der Waals surface area contributed by atoms with E-state index in [0.29, 0.717) is 0 Å². The van der Waals surface area contributed by atoms with Crippen LogP contribution in [0, 0.1) is 13.8 Å². The lowest BCUT2D eigenvalue weighted by Gasteiger charge is -2.23. The predicted molar refractivity (Wildman–Crippen MR) is 74.8 cm³/mol. The summed E-state index contributed by atoms with van der Waals surface area (Å²) in [5.41, 5.74) is 3.57. The Hall–Kier alpha value is -0.900. The first-order valence-electron chi connectivity index (χ1n) is 6.85. The van der Waals surface area contributed by atoms with Gasteiger partial charge in [0.05, 0.1) is 6.10 Å². The van der Waals surface area contributed by atoms with Crippen LogP contribution < -0.4 is 5.32 Å². The Labute approximate surface area is 110 Å². The third-order valence-electron chi connectivity index (χ3n) is 3.78. The molecule has 0 aromatic heterocycles. The van der Waals surface area contributed by atoms with E-state index in [1.807, 2.05) is 6.07 Å². The van der Waals surface area contributed by atoms with Crippen LogP contribution in [0.1, 0.15) is 29.2 Å². The third-order valence-corrected chi connectivity index (χ3v) is 3.78. The summed E-state index contributed by atoms with van der Waals surface area (Å²) in [7, 11) is 0. The normalized spacial score (nSPS) is 19.5. The molecule has 1 atom stereocenters. The molecule has 1 saturated heterocycles. The van der Waals surface area contributed by atoms with Gasteiger partial charge in [-0.2, -0.15) is 0 Å². The maximum absolute atomic E-state index is 10.3. The number of nitrogens with one attached hydrogen (secondary N) is 1. The molecule has 1 fully saturated rings. The zero-order valence-electron chi connectivity index (χ0n) is 11.4. The number of β-amino-alcohol motifs (C(OH)–C–C–N with tert-alkyl or cyclic N) is 1. The van der Waals surface area contributed by atoms with Crippen molar-refractivity contribution in [2.45, 2.75) is 26.4 Å². The van der Waals surface area contributed by atoms with Crippen LogP contribution in [0.2, 0.25) is 0 Å². The van der Waals surface area contributed by atoms with Crippen LogP contribution in [0.15, 0.2) is 18.2 Å². The molecule has 1 unspecified atom stereocenters. The molecule has 0 aliphatic carbocycles. The van der Waals surface area contributed by atoms with Crippen LogP contribution in [0.5, 0.6) is 0 Å². The highest BCUT2D eigenvalue weighted by molar-refractivity contribution is 5.31. The molecule has 1 aliphatic rings. The van der Waals surface area contributed by atoms with Gasteiger partial charge in [0.2, 0.25) is 0 Å². The fourth-order valence-electron chi connectivity index (χ4n) is 2.41. The minimum Gasteiger partial charge on any atom is -0.387 e. The number of rotatable bonds is 3. The molecule has 1 heterocycles. The smallest absolute Gasteiger partial charge is 0.0917 e. The van der Waals surface area contributed by atoms with E-state index < -0.39 is 0 Å². The van der Waals surface area contributed by atoms with Crippen molar-refractivity contribution >= 4 is 0 Å². The number of benzene rings is 1. The van der Waals surface area contributed by atoms with Crippen molar-refractivity contribution in [1.82, 2.24) is 10.2 Å². The van der Waals surface area contributed by atoms with Gasteiger partial charge in [-0.1, -0.05) is 18.2 Å². The fraction of sp³-hybridized carbons (Fsp3) is 0.600. The summed E-state index contributed by atoms with van der Waals surface area (Å²) >= 11 is 0. The van der Waals surface area contributed by atoms with Crippen LogP contribution in [0.3, 0.4) is 0 Å². The van der Waals surface area contributed by atoms with Crippen molar-refractivity contribution in [3.8, 4) is 0 Å². The number of aliphatic hydroxyl groups excluding tert-OH is 1. The van der Waals surface area contributed by atoms with Crippen LogP contribution >= 0.6 is 0 Å². The van der Waals surface area contributed by atoms with Crippen molar-refractivity contribution in [2.24, 2.45) is 0 Å². The SMILES string of the molecule is Cc1ccc(C(O)CN2CCCNCC2)cc1C. The summed E-state index contributed by atoms with van der Waals surface area (Å²) in [6.45, 7) is 9.17. The molecule has 2 N–H and O–H groups in total. The topological polar surface area (TPSA) is 35.5 Å². The Morgan fingerprint density at radius 1 is 1.22 bits per heavy atom. The van der Waals surface area contributed by atoms with Gasteiger partial charge in [0.15, 0.2) is 0 Å². The Morgan fingerprint density at radius 3 is 2.83 bits per heavy atom. The highest BCUT2D eigenvalue weighted by atomic mass is 16.3. The van der Waals surface area contributed by atoms with Gasteiger partial charge in [0, 0.05) is 19.6 Å². The Balaban J connectivity index is 1.97. The average Bonchev–Trinajstić information content (AvgIpc) is 2.61.